The van der Waals surface area contributed by atoms with Crippen LogP contribution >= 0.6 is 0 Å². The van der Waals surface area contributed by atoms with Crippen LogP contribution in [0.3, 0.4) is 0 Å². The Balaban J connectivity index is 1.49. The summed E-state index contributed by atoms with van der Waals surface area (Å²) in [5.41, 5.74) is 8.76. The van der Waals surface area contributed by atoms with Gasteiger partial charge in [0.05, 0.1) is 45.6 Å². The van der Waals surface area contributed by atoms with Gasteiger partial charge >= 0.3 is 0 Å². The van der Waals surface area contributed by atoms with Crippen molar-refractivity contribution in [3.05, 3.63) is 163 Å². The molecule has 0 saturated heterocycles. The average molecular weight is 585 g/mol. The van der Waals surface area contributed by atoms with E-state index in [2.05, 4.69) is 135 Å². The molecule has 0 amide bonds. The fourth-order valence-corrected chi connectivity index (χ4v) is 7.18. The van der Waals surface area contributed by atoms with Gasteiger partial charge in [-0.2, -0.15) is 5.26 Å². The molecule has 0 aliphatic heterocycles. The second kappa shape index (κ2) is 9.96. The molecule has 2 aromatic heterocycles. The lowest BCUT2D eigenvalue weighted by molar-refractivity contribution is 1.09. The molecule has 9 rings (SSSR count). The van der Waals surface area contributed by atoms with E-state index in [1.165, 1.54) is 0 Å². The van der Waals surface area contributed by atoms with Gasteiger partial charge in [0.25, 0.3) is 0 Å². The normalized spacial score (nSPS) is 11.4. The largest absolute Gasteiger partial charge is 0.308 e. The Bertz CT molecular complexity index is 2710. The van der Waals surface area contributed by atoms with Crippen molar-refractivity contribution >= 4 is 60.1 Å². The van der Waals surface area contributed by atoms with E-state index in [0.29, 0.717) is 11.3 Å². The Labute approximate surface area is 265 Å². The van der Waals surface area contributed by atoms with Crippen LogP contribution in [0.4, 0.5) is 5.69 Å². The number of para-hydroxylation sites is 2. The third kappa shape index (κ3) is 3.65. The molecule has 4 nitrogen and oxygen atoms in total. The maximum Gasteiger partial charge on any atom is 0.190 e. The number of hydrogen-bond donors (Lipinski definition) is 0. The summed E-state index contributed by atoms with van der Waals surface area (Å²) in [7, 11) is 0. The zero-order valence-electron chi connectivity index (χ0n) is 24.6. The van der Waals surface area contributed by atoms with E-state index >= 15 is 0 Å². The quantitative estimate of drug-likeness (QED) is 0.190. The maximum absolute atomic E-state index is 10.7. The Hall–Kier alpha value is -6.62. The highest BCUT2D eigenvalue weighted by Gasteiger charge is 2.23. The molecule has 46 heavy (non-hydrogen) atoms. The molecular weight excluding hydrogens is 560 g/mol. The average Bonchev–Trinajstić information content (AvgIpc) is 3.64. The van der Waals surface area contributed by atoms with Crippen LogP contribution < -0.4 is 0 Å². The molecule has 4 heteroatoms. The third-order valence-electron chi connectivity index (χ3n) is 9.13. The van der Waals surface area contributed by atoms with Gasteiger partial charge in [0, 0.05) is 21.5 Å². The Morgan fingerprint density at radius 2 is 1.15 bits per heavy atom. The van der Waals surface area contributed by atoms with Crippen LogP contribution in [-0.4, -0.2) is 9.13 Å². The molecule has 0 bridgehead atoms. The van der Waals surface area contributed by atoms with Gasteiger partial charge in [0.2, 0.25) is 0 Å². The summed E-state index contributed by atoms with van der Waals surface area (Å²) >= 11 is 0. The van der Waals surface area contributed by atoms with Crippen LogP contribution in [0, 0.1) is 17.9 Å². The van der Waals surface area contributed by atoms with Crippen LogP contribution in [-0.2, 0) is 0 Å². The molecule has 7 aromatic carbocycles. The summed E-state index contributed by atoms with van der Waals surface area (Å²) in [4.78, 5) is 3.84. The van der Waals surface area contributed by atoms with Gasteiger partial charge in [-0.25, -0.2) is 4.85 Å². The number of aromatic nitrogens is 2. The predicted octanol–water partition coefficient (Wildman–Crippen LogP) is 11.1. The van der Waals surface area contributed by atoms with E-state index in [4.69, 9.17) is 6.57 Å². The van der Waals surface area contributed by atoms with Crippen molar-refractivity contribution in [2.75, 3.05) is 0 Å². The SMILES string of the molecule is [C-]#[N+]c1cc(C#N)c(-n2c3ccccc3c3ccccc32)c(-n2c3ccc(-c4ccccc4)cc3c3c4ccccc4ccc32)c1. The summed E-state index contributed by atoms with van der Waals surface area (Å²) in [6.45, 7) is 8.00. The number of nitriles is 1. The van der Waals surface area contributed by atoms with Crippen molar-refractivity contribution in [2.45, 2.75) is 0 Å². The lowest BCUT2D eigenvalue weighted by atomic mass is 10.0. The molecule has 0 radical (unpaired) electrons. The molecule has 0 aliphatic carbocycles. The second-order valence-electron chi connectivity index (χ2n) is 11.6. The van der Waals surface area contributed by atoms with Gasteiger partial charge in [0.1, 0.15) is 6.07 Å². The molecule has 0 unspecified atom stereocenters. The lowest BCUT2D eigenvalue weighted by Gasteiger charge is -2.19. The molecule has 0 saturated carbocycles. The van der Waals surface area contributed by atoms with E-state index in [0.717, 1.165) is 76.9 Å². The van der Waals surface area contributed by atoms with Crippen molar-refractivity contribution in [2.24, 2.45) is 0 Å². The second-order valence-corrected chi connectivity index (χ2v) is 11.6. The minimum absolute atomic E-state index is 0.424. The summed E-state index contributed by atoms with van der Waals surface area (Å²) in [5, 5.41) is 17.5. The fourth-order valence-electron chi connectivity index (χ4n) is 7.18. The molecule has 0 N–H and O–H groups in total. The van der Waals surface area contributed by atoms with Crippen molar-refractivity contribution < 1.29 is 0 Å². The van der Waals surface area contributed by atoms with Crippen molar-refractivity contribution in [3.63, 3.8) is 0 Å². The Morgan fingerprint density at radius 1 is 0.522 bits per heavy atom. The van der Waals surface area contributed by atoms with E-state index in [1.807, 2.05) is 24.3 Å². The Kier molecular flexibility index (Phi) is 5.59. The van der Waals surface area contributed by atoms with E-state index < -0.39 is 0 Å². The van der Waals surface area contributed by atoms with Gasteiger partial charge in [-0.05, 0) is 64.4 Å². The first kappa shape index (κ1) is 25.8. The summed E-state index contributed by atoms with van der Waals surface area (Å²) in [6.07, 6.45) is 0. The molecule has 9 aromatic rings. The van der Waals surface area contributed by atoms with Crippen LogP contribution in [0.5, 0.6) is 0 Å². The maximum atomic E-state index is 10.7. The van der Waals surface area contributed by atoms with Gasteiger partial charge in [0.15, 0.2) is 5.69 Å². The van der Waals surface area contributed by atoms with E-state index in [1.54, 1.807) is 6.07 Å². The number of hydrogen-bond acceptors (Lipinski definition) is 1. The van der Waals surface area contributed by atoms with Gasteiger partial charge in [-0.1, -0.05) is 103 Å². The highest BCUT2D eigenvalue weighted by molar-refractivity contribution is 6.22. The highest BCUT2D eigenvalue weighted by atomic mass is 15.1. The van der Waals surface area contributed by atoms with Gasteiger partial charge in [-0.3, -0.25) is 0 Å². The zero-order chi connectivity index (χ0) is 30.8. The topological polar surface area (TPSA) is 38.0 Å². The first-order valence-electron chi connectivity index (χ1n) is 15.2. The van der Waals surface area contributed by atoms with Gasteiger partial charge in [-0.15, -0.1) is 0 Å². The van der Waals surface area contributed by atoms with Crippen LogP contribution in [0.1, 0.15) is 5.56 Å². The smallest absolute Gasteiger partial charge is 0.190 e. The third-order valence-corrected chi connectivity index (χ3v) is 9.13. The molecular formula is C42H24N4. The molecule has 2 heterocycles. The van der Waals surface area contributed by atoms with Crippen LogP contribution in [0.15, 0.2) is 146 Å². The van der Waals surface area contributed by atoms with E-state index in [-0.39, 0.29) is 0 Å². The van der Waals surface area contributed by atoms with Crippen LogP contribution in [0.2, 0.25) is 0 Å². The van der Waals surface area contributed by atoms with E-state index in [9.17, 15) is 5.26 Å². The monoisotopic (exact) mass is 584 g/mol. The highest BCUT2D eigenvalue weighted by Crippen LogP contribution is 2.43. The molecule has 212 valence electrons. The lowest BCUT2D eigenvalue weighted by Crippen LogP contribution is -2.06. The number of fused-ring (bicyclic) bond motifs is 8. The standard InChI is InChI=1S/C42H24N4/c1-44-31-23-30(26-43)42(46-36-17-9-7-15-33(36)34-16-8-10-18-37(34)46)40(25-31)45-38-21-20-29(27-11-3-2-4-12-27)24-35(38)41-32-14-6-5-13-28(32)19-22-39(41)45/h2-25H. The fraction of sp³-hybridized carbons (Fsp3) is 0. The minimum atomic E-state index is 0.424. The van der Waals surface area contributed by atoms with Crippen molar-refractivity contribution in [1.29, 1.82) is 5.26 Å². The minimum Gasteiger partial charge on any atom is -0.308 e. The molecule has 0 spiro atoms. The van der Waals surface area contributed by atoms with Crippen molar-refractivity contribution in [3.8, 4) is 28.6 Å². The Morgan fingerprint density at radius 3 is 1.87 bits per heavy atom. The van der Waals surface area contributed by atoms with Gasteiger partial charge < -0.3 is 9.13 Å². The molecule has 0 fully saturated rings. The van der Waals surface area contributed by atoms with Crippen LogP contribution in [0.25, 0.3) is 81.7 Å². The summed E-state index contributed by atoms with van der Waals surface area (Å²) < 4.78 is 4.45. The number of rotatable bonds is 3. The zero-order valence-corrected chi connectivity index (χ0v) is 24.6. The summed E-state index contributed by atoms with van der Waals surface area (Å²) in [6, 6.07) is 52.7. The molecule has 0 atom stereocenters. The first-order chi connectivity index (χ1) is 22.7. The predicted molar refractivity (Wildman–Crippen MR) is 189 cm³/mol. The van der Waals surface area contributed by atoms with Crippen molar-refractivity contribution in [1.82, 2.24) is 9.13 Å². The first-order valence-corrected chi connectivity index (χ1v) is 15.2. The summed E-state index contributed by atoms with van der Waals surface area (Å²) in [5.74, 6) is 0. The molecule has 0 aliphatic rings. The number of benzene rings is 7. The number of nitrogens with zero attached hydrogens (tertiary/aromatic N) is 4.